The molecule has 0 spiro atoms. The number of amides is 1. The van der Waals surface area contributed by atoms with Crippen LogP contribution in [0.5, 0.6) is 0 Å². The molecule has 5 heteroatoms. The Morgan fingerprint density at radius 3 is 2.16 bits per heavy atom. The van der Waals surface area contributed by atoms with Crippen LogP contribution in [0.4, 0.5) is 5.69 Å². The molecule has 1 atom stereocenters. The fraction of sp³-hybridized carbons (Fsp3) is 0.200. The lowest BCUT2D eigenvalue weighted by Gasteiger charge is -2.11. The number of anilines is 1. The van der Waals surface area contributed by atoms with Crippen LogP contribution in [-0.2, 0) is 11.8 Å². The Morgan fingerprint density at radius 2 is 1.56 bits per heavy atom. The van der Waals surface area contributed by atoms with E-state index in [1.165, 1.54) is 0 Å². The minimum absolute atomic E-state index is 0.197. The Bertz CT molecular complexity index is 940. The number of aromatic nitrogens is 2. The Balaban J connectivity index is 1.94. The second-order valence-electron chi connectivity index (χ2n) is 6.06. The van der Waals surface area contributed by atoms with Gasteiger partial charge in [0, 0.05) is 7.05 Å². The van der Waals surface area contributed by atoms with E-state index in [0.717, 1.165) is 11.3 Å². The summed E-state index contributed by atoms with van der Waals surface area (Å²) >= 11 is 0. The predicted molar refractivity (Wildman–Crippen MR) is 99.2 cm³/mol. The van der Waals surface area contributed by atoms with Crippen molar-refractivity contribution in [3.05, 3.63) is 82.3 Å². The van der Waals surface area contributed by atoms with E-state index in [1.807, 2.05) is 74.5 Å². The zero-order valence-electron chi connectivity index (χ0n) is 14.6. The normalized spacial score (nSPS) is 12.0. The van der Waals surface area contributed by atoms with E-state index < -0.39 is 0 Å². The first kappa shape index (κ1) is 16.8. The summed E-state index contributed by atoms with van der Waals surface area (Å²) in [5.74, 6) is -0.539. The zero-order chi connectivity index (χ0) is 18.0. The lowest BCUT2D eigenvalue weighted by molar-refractivity contribution is -0.117. The van der Waals surface area contributed by atoms with E-state index in [1.54, 1.807) is 16.4 Å². The van der Waals surface area contributed by atoms with Crippen molar-refractivity contribution >= 4 is 11.6 Å². The number of rotatable bonds is 4. The summed E-state index contributed by atoms with van der Waals surface area (Å²) in [5.41, 5.74) is 2.47. The number of carbonyl (C=O) groups is 1. The van der Waals surface area contributed by atoms with Crippen molar-refractivity contribution in [2.75, 3.05) is 5.32 Å². The number of nitrogens with one attached hydrogen (secondary N) is 1. The molecule has 128 valence electrons. The van der Waals surface area contributed by atoms with E-state index >= 15 is 0 Å². The molecule has 0 radical (unpaired) electrons. The number of nitrogens with zero attached hydrogens (tertiary/aromatic N) is 2. The second kappa shape index (κ2) is 6.81. The summed E-state index contributed by atoms with van der Waals surface area (Å²) < 4.78 is 3.30. The molecule has 1 aromatic heterocycles. The van der Waals surface area contributed by atoms with Crippen LogP contribution < -0.4 is 10.9 Å². The van der Waals surface area contributed by atoms with Gasteiger partial charge in [0.1, 0.15) is 5.69 Å². The van der Waals surface area contributed by atoms with Gasteiger partial charge < -0.3 is 5.32 Å². The van der Waals surface area contributed by atoms with Crippen LogP contribution in [0.1, 0.15) is 24.1 Å². The Labute approximate surface area is 146 Å². The summed E-state index contributed by atoms with van der Waals surface area (Å²) in [6.45, 7) is 3.66. The maximum Gasteiger partial charge on any atom is 0.295 e. The summed E-state index contributed by atoms with van der Waals surface area (Å²) in [6, 6.07) is 18.9. The zero-order valence-corrected chi connectivity index (χ0v) is 14.6. The van der Waals surface area contributed by atoms with Crippen LogP contribution in [-0.4, -0.2) is 15.3 Å². The van der Waals surface area contributed by atoms with Crippen molar-refractivity contribution in [3.63, 3.8) is 0 Å². The van der Waals surface area contributed by atoms with Crippen LogP contribution in [0, 0.1) is 6.92 Å². The van der Waals surface area contributed by atoms with Gasteiger partial charge in [0.15, 0.2) is 0 Å². The van der Waals surface area contributed by atoms with E-state index in [2.05, 4.69) is 5.32 Å². The van der Waals surface area contributed by atoms with Crippen molar-refractivity contribution in [3.8, 4) is 5.69 Å². The lowest BCUT2D eigenvalue weighted by atomic mass is 10.0. The first-order valence-corrected chi connectivity index (χ1v) is 8.20. The van der Waals surface area contributed by atoms with Gasteiger partial charge >= 0.3 is 0 Å². The monoisotopic (exact) mass is 335 g/mol. The Morgan fingerprint density at radius 1 is 1.00 bits per heavy atom. The molecule has 3 aromatic rings. The maximum absolute atomic E-state index is 12.8. The SMILES string of the molecule is Cc1c(NC(=O)C(C)c2ccccc2)c(=O)n(-c2ccccc2)n1C. The minimum Gasteiger partial charge on any atom is -0.319 e. The van der Waals surface area contributed by atoms with Gasteiger partial charge in [-0.3, -0.25) is 14.3 Å². The maximum atomic E-state index is 12.8. The van der Waals surface area contributed by atoms with Crippen molar-refractivity contribution in [1.82, 2.24) is 9.36 Å². The second-order valence-corrected chi connectivity index (χ2v) is 6.06. The molecule has 0 saturated heterocycles. The number of hydrogen-bond acceptors (Lipinski definition) is 2. The molecular formula is C20H21N3O2. The smallest absolute Gasteiger partial charge is 0.295 e. The molecule has 2 aromatic carbocycles. The van der Waals surface area contributed by atoms with Gasteiger partial charge in [0.05, 0.1) is 17.3 Å². The highest BCUT2D eigenvalue weighted by molar-refractivity contribution is 5.95. The summed E-state index contributed by atoms with van der Waals surface area (Å²) in [5, 5.41) is 2.81. The third-order valence-corrected chi connectivity index (χ3v) is 4.50. The molecule has 5 nitrogen and oxygen atoms in total. The van der Waals surface area contributed by atoms with Crippen LogP contribution >= 0.6 is 0 Å². The molecule has 3 rings (SSSR count). The molecule has 0 aliphatic heterocycles. The van der Waals surface area contributed by atoms with Crippen molar-refractivity contribution in [2.24, 2.45) is 7.05 Å². The molecule has 0 saturated carbocycles. The van der Waals surface area contributed by atoms with Gasteiger partial charge in [-0.25, -0.2) is 4.68 Å². The van der Waals surface area contributed by atoms with Crippen LogP contribution in [0.2, 0.25) is 0 Å². The Hall–Kier alpha value is -3.08. The molecule has 0 aliphatic carbocycles. The van der Waals surface area contributed by atoms with Gasteiger partial charge in [-0.15, -0.1) is 0 Å². The van der Waals surface area contributed by atoms with E-state index in [-0.39, 0.29) is 17.4 Å². The first-order valence-electron chi connectivity index (χ1n) is 8.20. The highest BCUT2D eigenvalue weighted by atomic mass is 16.2. The molecule has 1 N–H and O–H groups in total. The number of benzene rings is 2. The molecule has 0 aliphatic rings. The van der Waals surface area contributed by atoms with E-state index in [0.29, 0.717) is 11.4 Å². The van der Waals surface area contributed by atoms with E-state index in [4.69, 9.17) is 0 Å². The van der Waals surface area contributed by atoms with Crippen LogP contribution in [0.15, 0.2) is 65.5 Å². The van der Waals surface area contributed by atoms with E-state index in [9.17, 15) is 9.59 Å². The molecular weight excluding hydrogens is 314 g/mol. The molecule has 25 heavy (non-hydrogen) atoms. The highest BCUT2D eigenvalue weighted by Crippen LogP contribution is 2.19. The average molecular weight is 335 g/mol. The number of carbonyl (C=O) groups excluding carboxylic acids is 1. The van der Waals surface area contributed by atoms with Crippen LogP contribution in [0.25, 0.3) is 5.69 Å². The highest BCUT2D eigenvalue weighted by Gasteiger charge is 2.21. The molecule has 1 heterocycles. The minimum atomic E-state index is -0.342. The lowest BCUT2D eigenvalue weighted by Crippen LogP contribution is -2.25. The largest absolute Gasteiger partial charge is 0.319 e. The summed E-state index contributed by atoms with van der Waals surface area (Å²) in [4.78, 5) is 25.4. The topological polar surface area (TPSA) is 56.0 Å². The van der Waals surface area contributed by atoms with Gasteiger partial charge in [-0.05, 0) is 31.5 Å². The number of para-hydroxylation sites is 1. The molecule has 0 bridgehead atoms. The first-order chi connectivity index (χ1) is 12.0. The van der Waals surface area contributed by atoms with Gasteiger partial charge in [0.25, 0.3) is 5.56 Å². The summed E-state index contributed by atoms with van der Waals surface area (Å²) in [6.07, 6.45) is 0. The Kier molecular flexibility index (Phi) is 4.57. The fourth-order valence-corrected chi connectivity index (χ4v) is 2.84. The standard InChI is InChI=1S/C20H21N3O2/c1-14(16-10-6-4-7-11-16)19(24)21-18-15(2)22(3)23(20(18)25)17-12-8-5-9-13-17/h4-14H,1-3H3,(H,21,24). The summed E-state index contributed by atoms with van der Waals surface area (Å²) in [7, 11) is 1.81. The quantitative estimate of drug-likeness (QED) is 0.796. The average Bonchev–Trinajstić information content (AvgIpc) is 2.86. The molecule has 0 fully saturated rings. The van der Waals surface area contributed by atoms with Gasteiger partial charge in [0.2, 0.25) is 5.91 Å². The predicted octanol–water partition coefficient (Wildman–Crippen LogP) is 3.23. The molecule has 1 unspecified atom stereocenters. The third-order valence-electron chi connectivity index (χ3n) is 4.50. The number of hydrogen-bond donors (Lipinski definition) is 1. The van der Waals surface area contributed by atoms with Crippen molar-refractivity contribution in [2.45, 2.75) is 19.8 Å². The van der Waals surface area contributed by atoms with Gasteiger partial charge in [-0.1, -0.05) is 48.5 Å². The van der Waals surface area contributed by atoms with Crippen molar-refractivity contribution < 1.29 is 4.79 Å². The van der Waals surface area contributed by atoms with Gasteiger partial charge in [-0.2, -0.15) is 0 Å². The third kappa shape index (κ3) is 3.13. The van der Waals surface area contributed by atoms with Crippen molar-refractivity contribution in [1.29, 1.82) is 0 Å². The van der Waals surface area contributed by atoms with Crippen LogP contribution in [0.3, 0.4) is 0 Å². The fourth-order valence-electron chi connectivity index (χ4n) is 2.84. The molecule has 1 amide bonds.